The molecule has 1 atom stereocenters. The van der Waals surface area contributed by atoms with Crippen molar-refractivity contribution in [3.8, 4) is 5.75 Å². The van der Waals surface area contributed by atoms with Crippen LogP contribution in [0, 0.1) is 17.2 Å². The minimum absolute atomic E-state index is 0.0557. The van der Waals surface area contributed by atoms with Crippen LogP contribution in [0.3, 0.4) is 0 Å². The first-order valence-electron chi connectivity index (χ1n) is 10.2. The average Bonchev–Trinajstić information content (AvgIpc) is 3.10. The lowest BCUT2D eigenvalue weighted by molar-refractivity contribution is -0.146. The molecule has 5 nitrogen and oxygen atoms in total. The Kier molecular flexibility index (Phi) is 6.26. The molecular weight excluding hydrogens is 359 g/mol. The second kappa shape index (κ2) is 8.50. The lowest BCUT2D eigenvalue weighted by atomic mass is 9.78. The number of amides is 2. The SMILES string of the molecule is COc1ccc(F)c(CN2CCC[C@]3(CCN(C(=O)CCC(C)C)C3)C2=O)c1. The molecule has 28 heavy (non-hydrogen) atoms. The van der Waals surface area contributed by atoms with Crippen molar-refractivity contribution in [2.75, 3.05) is 26.7 Å². The molecular formula is C22H31FN2O3. The molecule has 2 aliphatic heterocycles. The predicted molar refractivity (Wildman–Crippen MR) is 105 cm³/mol. The van der Waals surface area contributed by atoms with E-state index in [-0.39, 0.29) is 24.2 Å². The van der Waals surface area contributed by atoms with E-state index in [4.69, 9.17) is 4.74 Å². The quantitative estimate of drug-likeness (QED) is 0.746. The highest BCUT2D eigenvalue weighted by atomic mass is 19.1. The fourth-order valence-electron chi connectivity index (χ4n) is 4.34. The Morgan fingerprint density at radius 3 is 2.79 bits per heavy atom. The second-order valence-electron chi connectivity index (χ2n) is 8.57. The zero-order valence-electron chi connectivity index (χ0n) is 17.2. The molecule has 2 fully saturated rings. The molecule has 0 aromatic heterocycles. The third-order valence-electron chi connectivity index (χ3n) is 6.08. The van der Waals surface area contributed by atoms with Crippen molar-refractivity contribution in [3.05, 3.63) is 29.6 Å². The van der Waals surface area contributed by atoms with Crippen molar-refractivity contribution in [1.82, 2.24) is 9.80 Å². The van der Waals surface area contributed by atoms with Crippen molar-refractivity contribution in [2.45, 2.75) is 52.5 Å². The van der Waals surface area contributed by atoms with Gasteiger partial charge in [0.05, 0.1) is 12.5 Å². The number of ether oxygens (including phenoxy) is 1. The summed E-state index contributed by atoms with van der Waals surface area (Å²) in [6.45, 7) is 6.23. The largest absolute Gasteiger partial charge is 0.497 e. The van der Waals surface area contributed by atoms with Gasteiger partial charge >= 0.3 is 0 Å². The molecule has 154 valence electrons. The van der Waals surface area contributed by atoms with Crippen molar-refractivity contribution in [2.24, 2.45) is 11.3 Å². The first-order chi connectivity index (χ1) is 13.3. The van der Waals surface area contributed by atoms with Crippen LogP contribution in [0.5, 0.6) is 5.75 Å². The van der Waals surface area contributed by atoms with Gasteiger partial charge in [-0.2, -0.15) is 0 Å². The van der Waals surface area contributed by atoms with Crippen molar-refractivity contribution in [3.63, 3.8) is 0 Å². The van der Waals surface area contributed by atoms with E-state index in [9.17, 15) is 14.0 Å². The minimum atomic E-state index is -0.499. The van der Waals surface area contributed by atoms with Gasteiger partial charge in [0.2, 0.25) is 11.8 Å². The number of hydrogen-bond donors (Lipinski definition) is 0. The Labute approximate surface area is 166 Å². The summed E-state index contributed by atoms with van der Waals surface area (Å²) >= 11 is 0. The van der Waals surface area contributed by atoms with Crippen LogP contribution >= 0.6 is 0 Å². The van der Waals surface area contributed by atoms with Crippen LogP contribution in [0.15, 0.2) is 18.2 Å². The molecule has 1 aromatic rings. The number of piperidine rings is 1. The maximum atomic E-state index is 14.2. The van der Waals surface area contributed by atoms with Gasteiger partial charge in [-0.25, -0.2) is 4.39 Å². The van der Waals surface area contributed by atoms with E-state index >= 15 is 0 Å². The van der Waals surface area contributed by atoms with Crippen LogP contribution < -0.4 is 4.74 Å². The standard InChI is InChI=1S/C22H31FN2O3/c1-16(2)5-8-20(26)25-12-10-22(15-25)9-4-11-24(21(22)27)14-17-13-18(28-3)6-7-19(17)23/h6-7,13,16H,4-5,8-12,14-15H2,1-3H3/t22-/m1/s1. The van der Waals surface area contributed by atoms with E-state index in [1.165, 1.54) is 6.07 Å². The summed E-state index contributed by atoms with van der Waals surface area (Å²) in [5.41, 5.74) is -0.0335. The van der Waals surface area contributed by atoms with Gasteiger partial charge in [0.15, 0.2) is 0 Å². The zero-order chi connectivity index (χ0) is 20.3. The van der Waals surface area contributed by atoms with Gasteiger partial charge in [-0.1, -0.05) is 13.8 Å². The fraction of sp³-hybridized carbons (Fsp3) is 0.636. The maximum absolute atomic E-state index is 14.2. The molecule has 2 heterocycles. The summed E-state index contributed by atoms with van der Waals surface area (Å²) in [6.07, 6.45) is 3.80. The lowest BCUT2D eigenvalue weighted by Crippen LogP contribution is -2.50. The number of methoxy groups -OCH3 is 1. The Morgan fingerprint density at radius 2 is 2.07 bits per heavy atom. The van der Waals surface area contributed by atoms with Crippen LogP contribution in [0.4, 0.5) is 4.39 Å². The molecule has 1 aromatic carbocycles. The Balaban J connectivity index is 1.68. The number of halogens is 1. The fourth-order valence-corrected chi connectivity index (χ4v) is 4.34. The number of carbonyl (C=O) groups is 2. The summed E-state index contributed by atoms with van der Waals surface area (Å²) in [5, 5.41) is 0. The Bertz CT molecular complexity index is 736. The van der Waals surface area contributed by atoms with Gasteiger partial charge in [0.25, 0.3) is 0 Å². The summed E-state index contributed by atoms with van der Waals surface area (Å²) < 4.78 is 19.4. The van der Waals surface area contributed by atoms with Crippen molar-refractivity contribution >= 4 is 11.8 Å². The third-order valence-corrected chi connectivity index (χ3v) is 6.08. The highest BCUT2D eigenvalue weighted by Crippen LogP contribution is 2.41. The number of nitrogens with zero attached hydrogens (tertiary/aromatic N) is 2. The van der Waals surface area contributed by atoms with E-state index < -0.39 is 5.41 Å². The molecule has 0 N–H and O–H groups in total. The normalized spacial score (nSPS) is 22.4. The van der Waals surface area contributed by atoms with Crippen molar-refractivity contribution < 1.29 is 18.7 Å². The monoisotopic (exact) mass is 390 g/mol. The average molecular weight is 390 g/mol. The molecule has 3 rings (SSSR count). The molecule has 0 bridgehead atoms. The summed E-state index contributed by atoms with van der Waals surface area (Å²) in [6, 6.07) is 4.61. The molecule has 0 saturated carbocycles. The number of hydrogen-bond acceptors (Lipinski definition) is 3. The van der Waals surface area contributed by atoms with Gasteiger partial charge in [-0.3, -0.25) is 9.59 Å². The van der Waals surface area contributed by atoms with E-state index in [1.807, 2.05) is 4.90 Å². The number of benzene rings is 1. The van der Waals surface area contributed by atoms with Crippen LogP contribution in [0.2, 0.25) is 0 Å². The van der Waals surface area contributed by atoms with Gasteiger partial charge in [-0.15, -0.1) is 0 Å². The molecule has 0 radical (unpaired) electrons. The molecule has 2 saturated heterocycles. The summed E-state index contributed by atoms with van der Waals surface area (Å²) in [7, 11) is 1.54. The molecule has 6 heteroatoms. The molecule has 0 aliphatic carbocycles. The zero-order valence-corrected chi connectivity index (χ0v) is 17.2. The van der Waals surface area contributed by atoms with Crippen LogP contribution in [-0.4, -0.2) is 48.4 Å². The number of rotatable bonds is 6. The molecule has 2 amide bonds. The third kappa shape index (κ3) is 4.31. The van der Waals surface area contributed by atoms with E-state index in [2.05, 4.69) is 13.8 Å². The summed E-state index contributed by atoms with van der Waals surface area (Å²) in [4.78, 5) is 29.4. The van der Waals surface area contributed by atoms with Gasteiger partial charge in [-0.05, 0) is 49.8 Å². The van der Waals surface area contributed by atoms with Crippen LogP contribution in [0.25, 0.3) is 0 Å². The van der Waals surface area contributed by atoms with E-state index in [1.54, 1.807) is 24.1 Å². The minimum Gasteiger partial charge on any atom is -0.497 e. The van der Waals surface area contributed by atoms with Crippen LogP contribution in [0.1, 0.15) is 51.5 Å². The Hall–Kier alpha value is -2.11. The molecule has 0 unspecified atom stereocenters. The predicted octanol–water partition coefficient (Wildman–Crippen LogP) is 3.61. The van der Waals surface area contributed by atoms with Crippen LogP contribution in [-0.2, 0) is 16.1 Å². The number of likely N-dealkylation sites (tertiary alicyclic amines) is 2. The second-order valence-corrected chi connectivity index (χ2v) is 8.57. The summed E-state index contributed by atoms with van der Waals surface area (Å²) in [5.74, 6) is 0.947. The van der Waals surface area contributed by atoms with Gasteiger partial charge < -0.3 is 14.5 Å². The highest BCUT2D eigenvalue weighted by Gasteiger charge is 2.49. The molecule has 2 aliphatic rings. The van der Waals surface area contributed by atoms with E-state index in [0.29, 0.717) is 49.7 Å². The smallest absolute Gasteiger partial charge is 0.230 e. The van der Waals surface area contributed by atoms with Crippen molar-refractivity contribution in [1.29, 1.82) is 0 Å². The van der Waals surface area contributed by atoms with E-state index in [0.717, 1.165) is 19.3 Å². The highest BCUT2D eigenvalue weighted by molar-refractivity contribution is 5.86. The van der Waals surface area contributed by atoms with Gasteiger partial charge in [0, 0.05) is 38.2 Å². The first kappa shape index (κ1) is 20.6. The maximum Gasteiger partial charge on any atom is 0.230 e. The molecule has 1 spiro atoms. The number of carbonyl (C=O) groups excluding carboxylic acids is 2. The van der Waals surface area contributed by atoms with Gasteiger partial charge in [0.1, 0.15) is 11.6 Å². The topological polar surface area (TPSA) is 49.9 Å². The Morgan fingerprint density at radius 1 is 1.29 bits per heavy atom. The first-order valence-corrected chi connectivity index (χ1v) is 10.2. The lowest BCUT2D eigenvalue weighted by Gasteiger charge is -2.39.